The zero-order valence-corrected chi connectivity index (χ0v) is 14.7. The molecule has 1 aliphatic heterocycles. The summed E-state index contributed by atoms with van der Waals surface area (Å²) < 4.78 is 0. The number of H-pyrrole nitrogens is 1. The number of carbonyl (C=O) groups excluding carboxylic acids is 1. The quantitative estimate of drug-likeness (QED) is 0.734. The maximum absolute atomic E-state index is 13.2. The topological polar surface area (TPSA) is 86.3 Å². The molecule has 2 heterocycles. The summed E-state index contributed by atoms with van der Waals surface area (Å²) in [7, 11) is 0. The number of fused-ring (bicyclic) bond motifs is 4. The van der Waals surface area contributed by atoms with E-state index in [-0.39, 0.29) is 17.9 Å². The van der Waals surface area contributed by atoms with Crippen molar-refractivity contribution < 1.29 is 14.7 Å². The van der Waals surface area contributed by atoms with E-state index in [0.29, 0.717) is 11.1 Å². The highest BCUT2D eigenvalue weighted by atomic mass is 16.4. The maximum Gasteiger partial charge on any atom is 0.335 e. The Morgan fingerprint density at radius 2 is 2.00 bits per heavy atom. The number of amides is 1. The first-order valence-electron chi connectivity index (χ1n) is 9.22. The third-order valence-electron chi connectivity index (χ3n) is 5.93. The second-order valence-corrected chi connectivity index (χ2v) is 7.37. The van der Waals surface area contributed by atoms with Crippen LogP contribution in [0.25, 0.3) is 11.0 Å². The monoisotopic (exact) mass is 361 g/mol. The number of aromatic amines is 1. The molecule has 0 unspecified atom stereocenters. The summed E-state index contributed by atoms with van der Waals surface area (Å²) in [6.45, 7) is 0.735. The van der Waals surface area contributed by atoms with Gasteiger partial charge in [0.2, 0.25) is 0 Å². The Morgan fingerprint density at radius 3 is 2.85 bits per heavy atom. The van der Waals surface area contributed by atoms with Crippen molar-refractivity contribution in [1.29, 1.82) is 0 Å². The predicted molar refractivity (Wildman–Crippen MR) is 100.0 cm³/mol. The van der Waals surface area contributed by atoms with E-state index in [9.17, 15) is 14.7 Å². The lowest BCUT2D eigenvalue weighted by Gasteiger charge is -2.38. The molecule has 6 nitrogen and oxygen atoms in total. The van der Waals surface area contributed by atoms with Gasteiger partial charge in [0.15, 0.2) is 0 Å². The number of benzene rings is 2. The van der Waals surface area contributed by atoms with Gasteiger partial charge in [0.05, 0.1) is 22.9 Å². The highest BCUT2D eigenvalue weighted by Gasteiger charge is 2.41. The molecule has 1 fully saturated rings. The number of imidazole rings is 1. The number of rotatable bonds is 2. The molecule has 0 spiro atoms. The van der Waals surface area contributed by atoms with Gasteiger partial charge in [-0.05, 0) is 60.7 Å². The number of aromatic carboxylic acids is 1. The standard InChI is InChI=1S/C21H19N3O3/c25-20(12-4-6-17-18(9-12)23-11-22-17)24-7-1-2-16-15-5-3-13(21(26)27)8-14(15)10-19(16)24/h3-6,8-9,11,16,19H,1-2,7,10H2,(H,22,23)(H,26,27)/t16-,19+/m0/s1. The Kier molecular flexibility index (Phi) is 3.53. The van der Waals surface area contributed by atoms with Crippen molar-refractivity contribution in [2.45, 2.75) is 31.2 Å². The first-order chi connectivity index (χ1) is 13.1. The highest BCUT2D eigenvalue weighted by molar-refractivity contribution is 5.97. The Labute approximate surface area is 155 Å². The number of carbonyl (C=O) groups is 2. The van der Waals surface area contributed by atoms with E-state index in [1.165, 1.54) is 5.56 Å². The predicted octanol–water partition coefficient (Wildman–Crippen LogP) is 3.21. The van der Waals surface area contributed by atoms with E-state index >= 15 is 0 Å². The van der Waals surface area contributed by atoms with Gasteiger partial charge < -0.3 is 15.0 Å². The normalized spacial score (nSPS) is 21.1. The molecule has 1 amide bonds. The van der Waals surface area contributed by atoms with Gasteiger partial charge in [0, 0.05) is 24.1 Å². The van der Waals surface area contributed by atoms with Crippen molar-refractivity contribution in [1.82, 2.24) is 14.9 Å². The summed E-state index contributed by atoms with van der Waals surface area (Å²) in [5.74, 6) is -0.594. The maximum atomic E-state index is 13.2. The number of aromatic nitrogens is 2. The SMILES string of the molecule is O=C(O)c1ccc2c(c1)C[C@@H]1[C@H]2CCCN1C(=O)c1ccc2[nH]cnc2c1. The number of carboxylic acids is 1. The molecule has 5 rings (SSSR count). The van der Waals surface area contributed by atoms with Crippen LogP contribution in [-0.4, -0.2) is 44.4 Å². The lowest BCUT2D eigenvalue weighted by molar-refractivity contribution is 0.0594. The summed E-state index contributed by atoms with van der Waals surface area (Å²) in [5.41, 5.74) is 4.93. The van der Waals surface area contributed by atoms with Crippen LogP contribution in [0.15, 0.2) is 42.7 Å². The van der Waals surface area contributed by atoms with Crippen LogP contribution in [0.2, 0.25) is 0 Å². The molecule has 2 N–H and O–H groups in total. The van der Waals surface area contributed by atoms with Gasteiger partial charge in [-0.1, -0.05) is 6.07 Å². The summed E-state index contributed by atoms with van der Waals surface area (Å²) in [4.78, 5) is 33.8. The molecular weight excluding hydrogens is 342 g/mol. The molecule has 1 aliphatic carbocycles. The van der Waals surface area contributed by atoms with Crippen LogP contribution in [0, 0.1) is 0 Å². The Morgan fingerprint density at radius 1 is 1.15 bits per heavy atom. The van der Waals surface area contributed by atoms with Crippen LogP contribution in [0.4, 0.5) is 0 Å². The number of carboxylic acid groups (broad SMARTS) is 1. The second kappa shape index (κ2) is 5.94. The zero-order chi connectivity index (χ0) is 18.5. The third-order valence-corrected chi connectivity index (χ3v) is 5.93. The van der Waals surface area contributed by atoms with Crippen molar-refractivity contribution >= 4 is 22.9 Å². The minimum Gasteiger partial charge on any atom is -0.478 e. The van der Waals surface area contributed by atoms with Crippen LogP contribution in [0.5, 0.6) is 0 Å². The molecular formula is C21H19N3O3. The lowest BCUT2D eigenvalue weighted by atomic mass is 9.88. The van der Waals surface area contributed by atoms with Gasteiger partial charge in [-0.15, -0.1) is 0 Å². The molecule has 6 heteroatoms. The largest absolute Gasteiger partial charge is 0.478 e. The molecule has 0 radical (unpaired) electrons. The molecule has 136 valence electrons. The molecule has 27 heavy (non-hydrogen) atoms. The summed E-state index contributed by atoms with van der Waals surface area (Å²) in [6, 6.07) is 11.1. The molecule has 0 saturated carbocycles. The molecule has 1 saturated heterocycles. The first kappa shape index (κ1) is 16.1. The highest BCUT2D eigenvalue weighted by Crippen LogP contribution is 2.42. The van der Waals surface area contributed by atoms with Crippen LogP contribution in [0.1, 0.15) is 50.6 Å². The van der Waals surface area contributed by atoms with Crippen molar-refractivity contribution in [3.05, 3.63) is 65.0 Å². The number of nitrogens with zero attached hydrogens (tertiary/aromatic N) is 2. The number of hydrogen-bond donors (Lipinski definition) is 2. The molecule has 2 aliphatic rings. The average molecular weight is 361 g/mol. The summed E-state index contributed by atoms with van der Waals surface area (Å²) in [6.07, 6.45) is 4.34. The van der Waals surface area contributed by atoms with Crippen molar-refractivity contribution in [3.8, 4) is 0 Å². The fourth-order valence-corrected chi connectivity index (χ4v) is 4.66. The van der Waals surface area contributed by atoms with Crippen LogP contribution in [0.3, 0.4) is 0 Å². The minimum atomic E-state index is -0.909. The van der Waals surface area contributed by atoms with Gasteiger partial charge in [-0.3, -0.25) is 4.79 Å². The molecule has 0 bridgehead atoms. The molecule has 3 aromatic rings. The third kappa shape index (κ3) is 2.51. The summed E-state index contributed by atoms with van der Waals surface area (Å²) >= 11 is 0. The van der Waals surface area contributed by atoms with E-state index in [4.69, 9.17) is 0 Å². The minimum absolute atomic E-state index is 0.0286. The molecule has 2 atom stereocenters. The van der Waals surface area contributed by atoms with Crippen molar-refractivity contribution in [2.75, 3.05) is 6.54 Å². The number of nitrogens with one attached hydrogen (secondary N) is 1. The molecule has 1 aromatic heterocycles. The zero-order valence-electron chi connectivity index (χ0n) is 14.7. The number of likely N-dealkylation sites (tertiary alicyclic amines) is 1. The fourth-order valence-electron chi connectivity index (χ4n) is 4.66. The van der Waals surface area contributed by atoms with Crippen molar-refractivity contribution in [2.24, 2.45) is 0 Å². The first-order valence-corrected chi connectivity index (χ1v) is 9.22. The van der Waals surface area contributed by atoms with Gasteiger partial charge >= 0.3 is 5.97 Å². The van der Waals surface area contributed by atoms with E-state index in [0.717, 1.165) is 42.4 Å². The number of hydrogen-bond acceptors (Lipinski definition) is 3. The Bertz CT molecular complexity index is 1070. The smallest absolute Gasteiger partial charge is 0.335 e. The Balaban J connectivity index is 1.47. The van der Waals surface area contributed by atoms with Crippen molar-refractivity contribution in [3.63, 3.8) is 0 Å². The van der Waals surface area contributed by atoms with Crippen LogP contribution >= 0.6 is 0 Å². The van der Waals surface area contributed by atoms with E-state index in [2.05, 4.69) is 9.97 Å². The van der Waals surface area contributed by atoms with Crippen LogP contribution in [-0.2, 0) is 6.42 Å². The average Bonchev–Trinajstić information content (AvgIpc) is 3.30. The fraction of sp³-hybridized carbons (Fsp3) is 0.286. The van der Waals surface area contributed by atoms with E-state index < -0.39 is 5.97 Å². The van der Waals surface area contributed by atoms with Gasteiger partial charge in [-0.25, -0.2) is 9.78 Å². The lowest BCUT2D eigenvalue weighted by Crippen LogP contribution is -2.46. The van der Waals surface area contributed by atoms with Gasteiger partial charge in [0.25, 0.3) is 5.91 Å². The number of piperidine rings is 1. The molecule has 2 aromatic carbocycles. The van der Waals surface area contributed by atoms with Gasteiger partial charge in [0.1, 0.15) is 0 Å². The summed E-state index contributed by atoms with van der Waals surface area (Å²) in [5, 5.41) is 9.26. The van der Waals surface area contributed by atoms with Gasteiger partial charge in [-0.2, -0.15) is 0 Å². The van der Waals surface area contributed by atoms with E-state index in [1.54, 1.807) is 18.5 Å². The second-order valence-electron chi connectivity index (χ2n) is 7.37. The Hall–Kier alpha value is -3.15. The van der Waals surface area contributed by atoms with E-state index in [1.807, 2.05) is 29.2 Å². The van der Waals surface area contributed by atoms with Crippen LogP contribution < -0.4 is 0 Å².